The summed E-state index contributed by atoms with van der Waals surface area (Å²) in [6.07, 6.45) is 3.35. The highest BCUT2D eigenvalue weighted by molar-refractivity contribution is 8.18. The van der Waals surface area contributed by atoms with Gasteiger partial charge < -0.3 is 10.6 Å². The Morgan fingerprint density at radius 3 is 2.69 bits per heavy atom. The van der Waals surface area contributed by atoms with Crippen LogP contribution in [0.25, 0.3) is 6.08 Å². The van der Waals surface area contributed by atoms with Crippen LogP contribution in [0.15, 0.2) is 17.0 Å². The van der Waals surface area contributed by atoms with Gasteiger partial charge in [0.1, 0.15) is 0 Å². The highest BCUT2D eigenvalue weighted by Crippen LogP contribution is 2.37. The number of imide groups is 1. The van der Waals surface area contributed by atoms with Crippen LogP contribution in [0.5, 0.6) is 0 Å². The third-order valence-corrected chi connectivity index (χ3v) is 5.35. The zero-order chi connectivity index (χ0) is 19.1. The number of hydrogen-bond acceptors (Lipinski definition) is 5. The van der Waals surface area contributed by atoms with E-state index in [1.54, 1.807) is 6.92 Å². The summed E-state index contributed by atoms with van der Waals surface area (Å²) in [5.41, 5.74) is 7.93. The first kappa shape index (κ1) is 18.8. The van der Waals surface area contributed by atoms with E-state index in [1.165, 1.54) is 18.2 Å². The summed E-state index contributed by atoms with van der Waals surface area (Å²) in [4.78, 5) is 25.6. The molecule has 1 aromatic rings. The summed E-state index contributed by atoms with van der Waals surface area (Å²) in [5, 5.41) is 1.73. The predicted molar refractivity (Wildman–Crippen MR) is 99.3 cm³/mol. The molecule has 2 aliphatic rings. The molecule has 0 aliphatic carbocycles. The molecule has 2 fully saturated rings. The van der Waals surface area contributed by atoms with Crippen LogP contribution in [0.3, 0.4) is 0 Å². The number of rotatable bonds is 3. The van der Waals surface area contributed by atoms with Crippen LogP contribution in [0.4, 0.5) is 19.3 Å². The predicted octanol–water partition coefficient (Wildman–Crippen LogP) is 3.36. The number of nitrogens with two attached hydrogens (primary N) is 1. The lowest BCUT2D eigenvalue weighted by atomic mass is 9.96. The highest BCUT2D eigenvalue weighted by atomic mass is 32.2. The number of piperidine rings is 1. The molecule has 5 nitrogen and oxygen atoms in total. The van der Waals surface area contributed by atoms with Gasteiger partial charge in [0.2, 0.25) is 0 Å². The quantitative estimate of drug-likeness (QED) is 0.786. The van der Waals surface area contributed by atoms with Crippen molar-refractivity contribution in [3.8, 4) is 0 Å². The number of hydrogen-bond donors (Lipinski definition) is 2. The van der Waals surface area contributed by atoms with E-state index in [-0.39, 0.29) is 16.5 Å². The van der Waals surface area contributed by atoms with Gasteiger partial charge in [-0.15, -0.1) is 0 Å². The first-order valence-corrected chi connectivity index (χ1v) is 9.25. The summed E-state index contributed by atoms with van der Waals surface area (Å²) >= 11 is 0.774. The number of amides is 2. The molecule has 3 rings (SSSR count). The number of nitrogens with zero attached hydrogens (tertiary/aromatic N) is 1. The summed E-state index contributed by atoms with van der Waals surface area (Å²) in [6.45, 7) is 4.01. The molecule has 1 aromatic carbocycles. The number of thioether (sulfide) groups is 1. The van der Waals surface area contributed by atoms with Crippen LogP contribution < -0.4 is 16.0 Å². The first-order valence-electron chi connectivity index (χ1n) is 8.43. The number of carbonyl (C=O) groups excluding carboxylic acids is 2. The Kier molecular flexibility index (Phi) is 5.07. The molecule has 26 heavy (non-hydrogen) atoms. The number of alkyl halides is 2. The molecule has 1 atom stereocenters. The molecule has 0 saturated carbocycles. The van der Waals surface area contributed by atoms with Gasteiger partial charge in [-0.25, -0.2) is 8.78 Å². The molecule has 8 heteroatoms. The molecule has 3 N–H and O–H groups in total. The molecule has 140 valence electrons. The monoisotopic (exact) mass is 381 g/mol. The van der Waals surface area contributed by atoms with E-state index < -0.39 is 17.1 Å². The van der Waals surface area contributed by atoms with Crippen molar-refractivity contribution in [2.75, 3.05) is 18.0 Å². The summed E-state index contributed by atoms with van der Waals surface area (Å²) in [5.74, 6) is -3.51. The van der Waals surface area contributed by atoms with E-state index >= 15 is 0 Å². The smallest absolute Gasteiger partial charge is 0.290 e. The Labute approximate surface area is 155 Å². The Bertz CT molecular complexity index is 789. The summed E-state index contributed by atoms with van der Waals surface area (Å²) in [6, 6.07) is 2.89. The Hall–Kier alpha value is -1.93. The average molecular weight is 381 g/mol. The number of anilines is 1. The number of aryl methyl sites for hydroxylation is 1. The molecule has 0 spiro atoms. The summed E-state index contributed by atoms with van der Waals surface area (Å²) < 4.78 is 27.8. The van der Waals surface area contributed by atoms with Crippen molar-refractivity contribution < 1.29 is 18.4 Å². The van der Waals surface area contributed by atoms with E-state index in [1.807, 2.05) is 0 Å². The molecular weight excluding hydrogens is 360 g/mol. The molecule has 2 saturated heterocycles. The topological polar surface area (TPSA) is 75.4 Å². The number of benzene rings is 1. The fourth-order valence-electron chi connectivity index (χ4n) is 3.38. The minimum atomic E-state index is -3.00. The zero-order valence-corrected chi connectivity index (χ0v) is 15.5. The lowest BCUT2D eigenvalue weighted by Crippen LogP contribution is -2.43. The lowest BCUT2D eigenvalue weighted by molar-refractivity contribution is -0.115. The second-order valence-electron chi connectivity index (χ2n) is 6.82. The molecule has 0 radical (unpaired) electrons. The van der Waals surface area contributed by atoms with Gasteiger partial charge >= 0.3 is 0 Å². The molecule has 2 aliphatic heterocycles. The Morgan fingerprint density at radius 2 is 2.12 bits per heavy atom. The molecule has 0 aromatic heterocycles. The van der Waals surface area contributed by atoms with Crippen molar-refractivity contribution in [1.29, 1.82) is 0 Å². The molecule has 0 unspecified atom stereocenters. The standard InChI is InChI=1S/C18H21F2N3O2S/c1-10-6-12(18(2,19)20)7-11(8-14-16(24)22-17(25)26-14)15(10)23-5-3-4-13(21)9-23/h6-8,13H,3-5,9,21H2,1-2H3,(H,22,24,25)/b14-8-/t13-/m1/s1. The molecular formula is C18H21F2N3O2S. The first-order chi connectivity index (χ1) is 12.1. The van der Waals surface area contributed by atoms with Gasteiger partial charge in [0.15, 0.2) is 0 Å². The number of halogens is 2. The van der Waals surface area contributed by atoms with E-state index in [0.717, 1.165) is 43.8 Å². The van der Waals surface area contributed by atoms with E-state index in [4.69, 9.17) is 5.73 Å². The van der Waals surface area contributed by atoms with E-state index in [0.29, 0.717) is 17.7 Å². The fourth-order valence-corrected chi connectivity index (χ4v) is 4.05. The number of carbonyl (C=O) groups is 2. The van der Waals surface area contributed by atoms with Crippen molar-refractivity contribution >= 4 is 34.7 Å². The van der Waals surface area contributed by atoms with Crippen molar-refractivity contribution in [1.82, 2.24) is 5.32 Å². The van der Waals surface area contributed by atoms with Crippen LogP contribution in [-0.2, 0) is 10.7 Å². The van der Waals surface area contributed by atoms with Crippen molar-refractivity contribution in [3.63, 3.8) is 0 Å². The van der Waals surface area contributed by atoms with Gasteiger partial charge in [-0.2, -0.15) is 0 Å². The second kappa shape index (κ2) is 7.00. The van der Waals surface area contributed by atoms with Gasteiger partial charge in [-0.05, 0) is 60.9 Å². The minimum Gasteiger partial charge on any atom is -0.369 e. The van der Waals surface area contributed by atoms with Crippen LogP contribution >= 0.6 is 11.8 Å². The average Bonchev–Trinajstić information content (AvgIpc) is 2.83. The van der Waals surface area contributed by atoms with Crippen LogP contribution in [0, 0.1) is 6.92 Å². The molecule has 2 amide bonds. The van der Waals surface area contributed by atoms with Gasteiger partial charge in [0, 0.05) is 37.3 Å². The molecule has 0 bridgehead atoms. The van der Waals surface area contributed by atoms with Crippen LogP contribution in [0.2, 0.25) is 0 Å². The van der Waals surface area contributed by atoms with Crippen molar-refractivity contribution in [3.05, 3.63) is 33.7 Å². The van der Waals surface area contributed by atoms with Crippen molar-refractivity contribution in [2.24, 2.45) is 5.73 Å². The van der Waals surface area contributed by atoms with Gasteiger partial charge in [-0.1, -0.05) is 0 Å². The largest absolute Gasteiger partial charge is 0.369 e. The molecule has 2 heterocycles. The third-order valence-electron chi connectivity index (χ3n) is 4.54. The normalized spacial score (nSPS) is 22.9. The zero-order valence-electron chi connectivity index (χ0n) is 14.6. The minimum absolute atomic E-state index is 0.0154. The maximum absolute atomic E-state index is 13.9. The highest BCUT2D eigenvalue weighted by Gasteiger charge is 2.30. The van der Waals surface area contributed by atoms with Crippen LogP contribution in [0.1, 0.15) is 36.5 Å². The third kappa shape index (κ3) is 3.91. The van der Waals surface area contributed by atoms with Gasteiger partial charge in [-0.3, -0.25) is 14.9 Å². The van der Waals surface area contributed by atoms with Gasteiger partial charge in [0.05, 0.1) is 4.91 Å². The Balaban J connectivity index is 2.12. The maximum Gasteiger partial charge on any atom is 0.290 e. The summed E-state index contributed by atoms with van der Waals surface area (Å²) in [7, 11) is 0. The fraction of sp³-hybridized carbons (Fsp3) is 0.444. The van der Waals surface area contributed by atoms with Crippen molar-refractivity contribution in [2.45, 2.75) is 38.7 Å². The lowest BCUT2D eigenvalue weighted by Gasteiger charge is -2.35. The second-order valence-corrected chi connectivity index (χ2v) is 7.83. The SMILES string of the molecule is Cc1cc(C(C)(F)F)cc(/C=C2\SC(=O)NC2=O)c1N1CCC[C@@H](N)C1. The maximum atomic E-state index is 13.9. The van der Waals surface area contributed by atoms with E-state index in [9.17, 15) is 18.4 Å². The van der Waals surface area contributed by atoms with Crippen LogP contribution in [-0.4, -0.2) is 30.3 Å². The van der Waals surface area contributed by atoms with E-state index in [2.05, 4.69) is 10.2 Å². The number of nitrogens with one attached hydrogen (secondary N) is 1. The Morgan fingerprint density at radius 1 is 1.38 bits per heavy atom. The van der Waals surface area contributed by atoms with Gasteiger partial charge in [0.25, 0.3) is 17.1 Å².